The number of unbranched alkanes of at least 4 members (excludes halogenated alkanes) is 1. The Labute approximate surface area is 194 Å². The number of likely N-dealkylation sites (tertiary alicyclic amines) is 1. The Morgan fingerprint density at radius 3 is 2.55 bits per heavy atom. The molecule has 0 aromatic carbocycles. The van der Waals surface area contributed by atoms with Crippen molar-refractivity contribution in [3.8, 4) is 0 Å². The molecule has 1 heterocycles. The van der Waals surface area contributed by atoms with E-state index >= 15 is 0 Å². The molecule has 0 aromatic rings. The number of carbonyl (C=O) groups excluding carboxylic acids is 1. The largest absolute Gasteiger partial charge is 0.390 e. The molecule has 0 saturated carbocycles. The molecule has 176 valence electrons. The SMILES string of the molecule is C=C(NC(=O)CCCCN)/C(C)=C\C(=C/C)N1CCC(O)(CC/C=C(/Cl)CCC)CC1. The summed E-state index contributed by atoms with van der Waals surface area (Å²) in [5.41, 5.74) is 7.49. The van der Waals surface area contributed by atoms with E-state index in [4.69, 9.17) is 17.3 Å². The maximum absolute atomic E-state index is 12.0. The van der Waals surface area contributed by atoms with Gasteiger partial charge < -0.3 is 21.1 Å². The van der Waals surface area contributed by atoms with Gasteiger partial charge in [0.15, 0.2) is 0 Å². The van der Waals surface area contributed by atoms with Gasteiger partial charge in [-0.15, -0.1) is 0 Å². The Balaban J connectivity index is 2.57. The molecule has 1 saturated heterocycles. The predicted molar refractivity (Wildman–Crippen MR) is 132 cm³/mol. The molecule has 1 amide bonds. The summed E-state index contributed by atoms with van der Waals surface area (Å²) in [6.45, 7) is 12.3. The van der Waals surface area contributed by atoms with Crippen LogP contribution < -0.4 is 11.1 Å². The van der Waals surface area contributed by atoms with E-state index in [2.05, 4.69) is 41.9 Å². The summed E-state index contributed by atoms with van der Waals surface area (Å²) >= 11 is 6.18. The number of carbonyl (C=O) groups is 1. The van der Waals surface area contributed by atoms with Gasteiger partial charge in [0, 0.05) is 35.9 Å². The average molecular weight is 452 g/mol. The van der Waals surface area contributed by atoms with Crippen LogP contribution in [0.25, 0.3) is 0 Å². The summed E-state index contributed by atoms with van der Waals surface area (Å²) in [5, 5.41) is 14.7. The molecule has 1 aliphatic heterocycles. The summed E-state index contributed by atoms with van der Waals surface area (Å²) in [6.07, 6.45) is 13.2. The highest BCUT2D eigenvalue weighted by Gasteiger charge is 2.31. The number of nitrogens with zero attached hydrogens (tertiary/aromatic N) is 1. The standard InChI is InChI=1S/C25H42ClN3O2/c1-5-10-22(26)11-9-13-25(31)14-17-29(18-15-25)23(6-2)19-20(3)21(4)28-24(30)12-7-8-16-27/h6,11,19,31H,4-5,7-10,12-18,27H2,1-3H3,(H,28,30)/b20-19-,22-11+,23-6+. The molecule has 1 rings (SSSR count). The molecule has 0 radical (unpaired) electrons. The lowest BCUT2D eigenvalue weighted by Crippen LogP contribution is -2.43. The number of nitrogens with two attached hydrogens (primary N) is 1. The topological polar surface area (TPSA) is 78.6 Å². The lowest BCUT2D eigenvalue weighted by Gasteiger charge is -2.40. The quantitative estimate of drug-likeness (QED) is 0.268. The van der Waals surface area contributed by atoms with Crippen LogP contribution in [-0.2, 0) is 4.79 Å². The number of allylic oxidation sites excluding steroid dienone is 5. The number of hydrogen-bond acceptors (Lipinski definition) is 4. The maximum atomic E-state index is 12.0. The summed E-state index contributed by atoms with van der Waals surface area (Å²) < 4.78 is 0. The van der Waals surface area contributed by atoms with Gasteiger partial charge in [-0.25, -0.2) is 0 Å². The van der Waals surface area contributed by atoms with Crippen molar-refractivity contribution in [2.45, 2.75) is 84.2 Å². The highest BCUT2D eigenvalue weighted by Crippen LogP contribution is 2.30. The minimum Gasteiger partial charge on any atom is -0.390 e. The zero-order chi connectivity index (χ0) is 23.3. The molecule has 0 atom stereocenters. The molecule has 0 spiro atoms. The first-order valence-electron chi connectivity index (χ1n) is 11.6. The van der Waals surface area contributed by atoms with E-state index in [9.17, 15) is 9.90 Å². The minimum atomic E-state index is -0.630. The van der Waals surface area contributed by atoms with E-state index in [1.807, 2.05) is 13.8 Å². The Morgan fingerprint density at radius 2 is 1.97 bits per heavy atom. The fourth-order valence-corrected chi connectivity index (χ4v) is 3.99. The molecule has 31 heavy (non-hydrogen) atoms. The number of piperidine rings is 1. The van der Waals surface area contributed by atoms with Gasteiger partial charge in [0.1, 0.15) is 0 Å². The van der Waals surface area contributed by atoms with Crippen LogP contribution in [0.4, 0.5) is 0 Å². The van der Waals surface area contributed by atoms with E-state index in [1.54, 1.807) is 0 Å². The van der Waals surface area contributed by atoms with Crippen LogP contribution >= 0.6 is 11.6 Å². The van der Waals surface area contributed by atoms with E-state index in [0.29, 0.717) is 18.7 Å². The van der Waals surface area contributed by atoms with Gasteiger partial charge in [-0.05, 0) is 77.0 Å². The fraction of sp³-hybridized carbons (Fsp3) is 0.640. The second-order valence-corrected chi connectivity index (χ2v) is 8.95. The first kappa shape index (κ1) is 27.5. The van der Waals surface area contributed by atoms with E-state index in [0.717, 1.165) is 80.8 Å². The van der Waals surface area contributed by atoms with E-state index < -0.39 is 5.60 Å². The Hall–Kier alpha value is -1.56. The molecular weight excluding hydrogens is 410 g/mol. The van der Waals surface area contributed by atoms with Crippen molar-refractivity contribution in [3.05, 3.63) is 46.8 Å². The molecule has 1 fully saturated rings. The monoisotopic (exact) mass is 451 g/mol. The first-order chi connectivity index (χ1) is 14.7. The van der Waals surface area contributed by atoms with Crippen LogP contribution in [0.15, 0.2) is 46.8 Å². The Bertz CT molecular complexity index is 674. The number of rotatable bonds is 13. The highest BCUT2D eigenvalue weighted by atomic mass is 35.5. The number of aliphatic hydroxyl groups is 1. The zero-order valence-corrected chi connectivity index (χ0v) is 20.4. The maximum Gasteiger partial charge on any atom is 0.224 e. The summed E-state index contributed by atoms with van der Waals surface area (Å²) in [6, 6.07) is 0. The Kier molecular flexibility index (Phi) is 12.8. The summed E-state index contributed by atoms with van der Waals surface area (Å²) in [5.74, 6) is -0.0237. The second kappa shape index (κ2) is 14.5. The van der Waals surface area contributed by atoms with Gasteiger partial charge in [0.2, 0.25) is 5.91 Å². The van der Waals surface area contributed by atoms with Gasteiger partial charge in [0.25, 0.3) is 0 Å². The zero-order valence-electron chi connectivity index (χ0n) is 19.7. The molecule has 0 aliphatic carbocycles. The number of halogens is 1. The predicted octanol–water partition coefficient (Wildman–Crippen LogP) is 5.13. The van der Waals surface area contributed by atoms with Gasteiger partial charge in [-0.1, -0.05) is 43.7 Å². The summed E-state index contributed by atoms with van der Waals surface area (Å²) in [4.78, 5) is 14.3. The molecule has 1 aliphatic rings. The number of nitrogens with one attached hydrogen (secondary N) is 1. The van der Waals surface area contributed by atoms with Crippen LogP contribution in [0.3, 0.4) is 0 Å². The summed E-state index contributed by atoms with van der Waals surface area (Å²) in [7, 11) is 0. The third-order valence-corrected chi connectivity index (χ3v) is 6.15. The van der Waals surface area contributed by atoms with Crippen molar-refractivity contribution in [2.75, 3.05) is 19.6 Å². The molecule has 0 unspecified atom stereocenters. The van der Waals surface area contributed by atoms with Gasteiger partial charge in [-0.3, -0.25) is 4.79 Å². The van der Waals surface area contributed by atoms with Crippen molar-refractivity contribution in [2.24, 2.45) is 5.73 Å². The van der Waals surface area contributed by atoms with Crippen LogP contribution in [0, 0.1) is 0 Å². The van der Waals surface area contributed by atoms with E-state index in [-0.39, 0.29) is 5.91 Å². The van der Waals surface area contributed by atoms with Crippen LogP contribution in [-0.4, -0.2) is 41.1 Å². The van der Waals surface area contributed by atoms with Gasteiger partial charge in [-0.2, -0.15) is 0 Å². The van der Waals surface area contributed by atoms with Crippen molar-refractivity contribution < 1.29 is 9.90 Å². The average Bonchev–Trinajstić information content (AvgIpc) is 2.73. The lowest BCUT2D eigenvalue weighted by atomic mass is 9.86. The van der Waals surface area contributed by atoms with Crippen LogP contribution in [0.5, 0.6) is 0 Å². The second-order valence-electron chi connectivity index (χ2n) is 8.46. The Morgan fingerprint density at radius 1 is 1.29 bits per heavy atom. The number of amides is 1. The minimum absolute atomic E-state index is 0.0237. The first-order valence-corrected chi connectivity index (χ1v) is 12.0. The molecular formula is C25H42ClN3O2. The number of hydrogen-bond donors (Lipinski definition) is 3. The van der Waals surface area contributed by atoms with Crippen molar-refractivity contribution in [1.82, 2.24) is 10.2 Å². The molecule has 5 nitrogen and oxygen atoms in total. The smallest absolute Gasteiger partial charge is 0.224 e. The lowest BCUT2D eigenvalue weighted by molar-refractivity contribution is -0.120. The molecule has 6 heteroatoms. The highest BCUT2D eigenvalue weighted by molar-refractivity contribution is 6.29. The third-order valence-electron chi connectivity index (χ3n) is 5.81. The molecule has 0 aromatic heterocycles. The van der Waals surface area contributed by atoms with Crippen LogP contribution in [0.2, 0.25) is 0 Å². The van der Waals surface area contributed by atoms with Gasteiger partial charge >= 0.3 is 0 Å². The molecule has 0 bridgehead atoms. The van der Waals surface area contributed by atoms with Crippen LogP contribution in [0.1, 0.15) is 78.6 Å². The fourth-order valence-electron chi connectivity index (χ4n) is 3.69. The normalized spacial score (nSPS) is 17.6. The van der Waals surface area contributed by atoms with Crippen molar-refractivity contribution in [1.29, 1.82) is 0 Å². The van der Waals surface area contributed by atoms with E-state index in [1.165, 1.54) is 0 Å². The van der Waals surface area contributed by atoms with Gasteiger partial charge in [0.05, 0.1) is 5.60 Å². The molecule has 4 N–H and O–H groups in total. The third kappa shape index (κ3) is 10.5. The van der Waals surface area contributed by atoms with Crippen molar-refractivity contribution >= 4 is 17.5 Å². The van der Waals surface area contributed by atoms with Crippen molar-refractivity contribution in [3.63, 3.8) is 0 Å².